The van der Waals surface area contributed by atoms with Gasteiger partial charge in [0.25, 0.3) is 0 Å². The summed E-state index contributed by atoms with van der Waals surface area (Å²) in [5, 5.41) is 0. The van der Waals surface area contributed by atoms with Gasteiger partial charge < -0.3 is 14.5 Å². The van der Waals surface area contributed by atoms with E-state index in [1.54, 1.807) is 19.1 Å². The third-order valence-corrected chi connectivity index (χ3v) is 5.72. The summed E-state index contributed by atoms with van der Waals surface area (Å²) in [7, 11) is 0.233. The van der Waals surface area contributed by atoms with E-state index >= 15 is 0 Å². The Morgan fingerprint density at radius 3 is 2.45 bits per heavy atom. The quantitative estimate of drug-likeness (QED) is 0.579. The molecular formula is C14H26N2O5S. The van der Waals surface area contributed by atoms with Crippen molar-refractivity contribution in [2.45, 2.75) is 32.2 Å². The third kappa shape index (κ3) is 5.92. The van der Waals surface area contributed by atoms with E-state index in [2.05, 4.69) is 0 Å². The van der Waals surface area contributed by atoms with Crippen molar-refractivity contribution in [3.05, 3.63) is 0 Å². The van der Waals surface area contributed by atoms with Gasteiger partial charge in [-0.2, -0.15) is 0 Å². The predicted molar refractivity (Wildman–Crippen MR) is 83.2 cm³/mol. The Labute approximate surface area is 132 Å². The van der Waals surface area contributed by atoms with Gasteiger partial charge in [-0.05, 0) is 12.8 Å². The van der Waals surface area contributed by atoms with Crippen molar-refractivity contribution in [2.75, 3.05) is 45.4 Å². The van der Waals surface area contributed by atoms with Crippen LogP contribution in [-0.2, 0) is 24.2 Å². The highest BCUT2D eigenvalue weighted by Gasteiger charge is 2.32. The van der Waals surface area contributed by atoms with Gasteiger partial charge in [0, 0.05) is 53.2 Å². The van der Waals surface area contributed by atoms with Gasteiger partial charge in [-0.25, -0.2) is 8.42 Å². The average Bonchev–Trinajstić information content (AvgIpc) is 2.81. The third-order valence-electron chi connectivity index (χ3n) is 3.97. The molecule has 1 heterocycles. The first-order valence-corrected chi connectivity index (χ1v) is 9.29. The Balaban J connectivity index is 2.44. The van der Waals surface area contributed by atoms with E-state index in [-0.39, 0.29) is 35.8 Å². The van der Waals surface area contributed by atoms with E-state index in [0.29, 0.717) is 26.1 Å². The van der Waals surface area contributed by atoms with Crippen LogP contribution in [0.1, 0.15) is 26.2 Å². The SMILES string of the molecule is COCCCN(CCC(=O)N(C)C1CCS(=O)(=O)C1)C(C)=O. The van der Waals surface area contributed by atoms with Crippen LogP contribution in [0.4, 0.5) is 0 Å². The minimum Gasteiger partial charge on any atom is -0.385 e. The van der Waals surface area contributed by atoms with Gasteiger partial charge in [-0.3, -0.25) is 9.59 Å². The number of methoxy groups -OCH3 is 1. The molecule has 0 saturated carbocycles. The Morgan fingerprint density at radius 1 is 1.27 bits per heavy atom. The summed E-state index contributed by atoms with van der Waals surface area (Å²) in [4.78, 5) is 26.8. The molecule has 0 bridgehead atoms. The zero-order valence-electron chi connectivity index (χ0n) is 13.6. The fraction of sp³-hybridized carbons (Fsp3) is 0.857. The number of hydrogen-bond donors (Lipinski definition) is 0. The molecule has 0 aliphatic carbocycles. The molecule has 1 atom stereocenters. The van der Waals surface area contributed by atoms with Gasteiger partial charge in [0.2, 0.25) is 11.8 Å². The van der Waals surface area contributed by atoms with Crippen LogP contribution in [0.25, 0.3) is 0 Å². The van der Waals surface area contributed by atoms with Crippen molar-refractivity contribution in [2.24, 2.45) is 0 Å². The molecule has 7 nitrogen and oxygen atoms in total. The minimum atomic E-state index is -3.01. The standard InChI is InChI=1S/C14H26N2O5S/c1-12(17)16(7-4-9-21-3)8-5-14(18)15(2)13-6-10-22(19,20)11-13/h13H,4-11H2,1-3H3. The van der Waals surface area contributed by atoms with Crippen molar-refractivity contribution < 1.29 is 22.7 Å². The fourth-order valence-electron chi connectivity index (χ4n) is 2.52. The number of carbonyl (C=O) groups is 2. The number of carbonyl (C=O) groups excluding carboxylic acids is 2. The topological polar surface area (TPSA) is 84.0 Å². The molecule has 0 aromatic carbocycles. The lowest BCUT2D eigenvalue weighted by Gasteiger charge is -2.26. The van der Waals surface area contributed by atoms with Crippen LogP contribution in [0.3, 0.4) is 0 Å². The van der Waals surface area contributed by atoms with Gasteiger partial charge in [0.05, 0.1) is 11.5 Å². The molecule has 1 fully saturated rings. The molecule has 1 rings (SSSR count). The Morgan fingerprint density at radius 2 is 1.95 bits per heavy atom. The van der Waals surface area contributed by atoms with Crippen molar-refractivity contribution in [3.8, 4) is 0 Å². The number of rotatable bonds is 8. The Bertz CT molecular complexity index is 491. The summed E-state index contributed by atoms with van der Waals surface area (Å²) < 4.78 is 27.9. The number of nitrogens with zero attached hydrogens (tertiary/aromatic N) is 2. The highest BCUT2D eigenvalue weighted by atomic mass is 32.2. The Kier molecular flexibility index (Phi) is 7.28. The zero-order chi connectivity index (χ0) is 16.8. The fourth-order valence-corrected chi connectivity index (χ4v) is 4.29. The second-order valence-corrected chi connectivity index (χ2v) is 7.89. The van der Waals surface area contributed by atoms with Crippen LogP contribution < -0.4 is 0 Å². The largest absolute Gasteiger partial charge is 0.385 e. The maximum absolute atomic E-state index is 12.2. The first-order valence-electron chi connectivity index (χ1n) is 7.47. The lowest BCUT2D eigenvalue weighted by Crippen LogP contribution is -2.40. The summed E-state index contributed by atoms with van der Waals surface area (Å²) in [5.74, 6) is -0.0131. The molecule has 0 aromatic heterocycles. The van der Waals surface area contributed by atoms with Crippen LogP contribution in [0.2, 0.25) is 0 Å². The molecule has 22 heavy (non-hydrogen) atoms. The van der Waals surface area contributed by atoms with Crippen molar-refractivity contribution in [3.63, 3.8) is 0 Å². The maximum atomic E-state index is 12.2. The molecule has 128 valence electrons. The predicted octanol–water partition coefficient (Wildman–Crippen LogP) is -0.0930. The van der Waals surface area contributed by atoms with Gasteiger partial charge in [0.1, 0.15) is 0 Å². The molecule has 0 spiro atoms. The molecule has 1 aliphatic heterocycles. The van der Waals surface area contributed by atoms with Gasteiger partial charge in [-0.1, -0.05) is 0 Å². The van der Waals surface area contributed by atoms with Crippen LogP contribution in [-0.4, -0.2) is 81.4 Å². The minimum absolute atomic E-state index is 0.0412. The average molecular weight is 334 g/mol. The first-order chi connectivity index (χ1) is 10.3. The molecule has 1 saturated heterocycles. The van der Waals surface area contributed by atoms with E-state index in [1.807, 2.05) is 0 Å². The second-order valence-electron chi connectivity index (χ2n) is 5.66. The smallest absolute Gasteiger partial charge is 0.224 e. The summed E-state index contributed by atoms with van der Waals surface area (Å²) in [6, 6.07) is -0.239. The monoisotopic (exact) mass is 334 g/mol. The van der Waals surface area contributed by atoms with Crippen LogP contribution in [0.15, 0.2) is 0 Å². The van der Waals surface area contributed by atoms with Crippen LogP contribution >= 0.6 is 0 Å². The van der Waals surface area contributed by atoms with E-state index in [1.165, 1.54) is 11.8 Å². The number of ether oxygens (including phenoxy) is 1. The van der Waals surface area contributed by atoms with E-state index < -0.39 is 9.84 Å². The van der Waals surface area contributed by atoms with Crippen LogP contribution in [0.5, 0.6) is 0 Å². The normalized spacial score (nSPS) is 19.9. The van der Waals surface area contributed by atoms with Crippen molar-refractivity contribution in [1.29, 1.82) is 0 Å². The number of hydrogen-bond acceptors (Lipinski definition) is 5. The molecule has 1 unspecified atom stereocenters. The Hall–Kier alpha value is -1.15. The molecular weight excluding hydrogens is 308 g/mol. The van der Waals surface area contributed by atoms with E-state index in [0.717, 1.165) is 6.42 Å². The molecule has 1 aliphatic rings. The van der Waals surface area contributed by atoms with Gasteiger partial charge in [0.15, 0.2) is 9.84 Å². The van der Waals surface area contributed by atoms with Crippen molar-refractivity contribution in [1.82, 2.24) is 9.80 Å². The highest BCUT2D eigenvalue weighted by Crippen LogP contribution is 2.17. The molecule has 0 radical (unpaired) electrons. The first kappa shape index (κ1) is 18.9. The van der Waals surface area contributed by atoms with E-state index in [4.69, 9.17) is 4.74 Å². The number of amides is 2. The summed E-state index contributed by atoms with van der Waals surface area (Å²) >= 11 is 0. The highest BCUT2D eigenvalue weighted by molar-refractivity contribution is 7.91. The summed E-state index contributed by atoms with van der Waals surface area (Å²) in [6.07, 6.45) is 1.43. The molecule has 0 N–H and O–H groups in total. The molecule has 0 aromatic rings. The summed E-state index contributed by atoms with van der Waals surface area (Å²) in [6.45, 7) is 2.95. The second kappa shape index (κ2) is 8.47. The summed E-state index contributed by atoms with van der Waals surface area (Å²) in [5.41, 5.74) is 0. The lowest BCUT2D eigenvalue weighted by atomic mass is 10.2. The zero-order valence-corrected chi connectivity index (χ0v) is 14.4. The molecule has 8 heteroatoms. The van der Waals surface area contributed by atoms with E-state index in [9.17, 15) is 18.0 Å². The molecule has 2 amide bonds. The number of sulfone groups is 1. The van der Waals surface area contributed by atoms with Crippen molar-refractivity contribution >= 4 is 21.7 Å². The van der Waals surface area contributed by atoms with Gasteiger partial charge in [-0.15, -0.1) is 0 Å². The van der Waals surface area contributed by atoms with Crippen LogP contribution in [0, 0.1) is 0 Å². The lowest BCUT2D eigenvalue weighted by molar-refractivity contribution is -0.133. The maximum Gasteiger partial charge on any atom is 0.224 e. The van der Waals surface area contributed by atoms with Gasteiger partial charge >= 0.3 is 0 Å².